The van der Waals surface area contributed by atoms with E-state index in [1.807, 2.05) is 6.07 Å². The number of anilines is 2. The van der Waals surface area contributed by atoms with Crippen LogP contribution in [0.5, 0.6) is 0 Å². The van der Waals surface area contributed by atoms with Crippen molar-refractivity contribution in [3.8, 4) is 5.69 Å². The number of aliphatic hydroxyl groups excluding tert-OH is 1. The first-order chi connectivity index (χ1) is 16.4. The highest BCUT2D eigenvalue weighted by Crippen LogP contribution is 2.30. The minimum atomic E-state index is -0.374. The fourth-order valence-electron chi connectivity index (χ4n) is 4.42. The van der Waals surface area contributed by atoms with Gasteiger partial charge in [0.25, 0.3) is 5.56 Å². The summed E-state index contributed by atoms with van der Waals surface area (Å²) in [5.41, 5.74) is 4.34. The summed E-state index contributed by atoms with van der Waals surface area (Å²) in [5, 5.41) is 14.2. The lowest BCUT2D eigenvalue weighted by molar-refractivity contribution is 0.282. The molecular formula is C25H23Cl2N5O2. The van der Waals surface area contributed by atoms with Gasteiger partial charge in [-0.05, 0) is 62.3 Å². The number of likely N-dealkylation sites (N-methyl/N-ethyl adjacent to an activating group) is 1. The van der Waals surface area contributed by atoms with E-state index in [4.69, 9.17) is 23.2 Å². The van der Waals surface area contributed by atoms with E-state index < -0.39 is 0 Å². The van der Waals surface area contributed by atoms with Gasteiger partial charge in [-0.25, -0.2) is 9.97 Å². The maximum atomic E-state index is 13.2. The van der Waals surface area contributed by atoms with Crippen LogP contribution in [0.25, 0.3) is 16.6 Å². The molecule has 9 heteroatoms. The molecule has 7 nitrogen and oxygen atoms in total. The van der Waals surface area contributed by atoms with Crippen LogP contribution in [0.2, 0.25) is 10.0 Å². The molecule has 0 radical (unpaired) electrons. The number of aromatic nitrogens is 3. The molecule has 0 amide bonds. The second-order valence-corrected chi connectivity index (χ2v) is 9.46. The van der Waals surface area contributed by atoms with E-state index in [1.165, 1.54) is 28.1 Å². The Bertz CT molecular complexity index is 1450. The van der Waals surface area contributed by atoms with E-state index >= 15 is 0 Å². The molecule has 0 fully saturated rings. The minimum Gasteiger partial charge on any atom is -0.392 e. The van der Waals surface area contributed by atoms with E-state index in [-0.39, 0.29) is 17.6 Å². The third-order valence-electron chi connectivity index (χ3n) is 6.28. The number of halogens is 2. The predicted octanol–water partition coefficient (Wildman–Crippen LogP) is 4.35. The summed E-state index contributed by atoms with van der Waals surface area (Å²) in [6, 6.07) is 11.8. The molecule has 1 aliphatic rings. The van der Waals surface area contributed by atoms with Gasteiger partial charge in [-0.15, -0.1) is 0 Å². The summed E-state index contributed by atoms with van der Waals surface area (Å²) in [7, 11) is 4.20. The molecular weight excluding hydrogens is 473 g/mol. The Kier molecular flexibility index (Phi) is 6.04. The van der Waals surface area contributed by atoms with Crippen LogP contribution in [0.15, 0.2) is 53.6 Å². The summed E-state index contributed by atoms with van der Waals surface area (Å²) in [4.78, 5) is 24.4. The van der Waals surface area contributed by atoms with Crippen LogP contribution in [-0.4, -0.2) is 44.7 Å². The third kappa shape index (κ3) is 4.05. The van der Waals surface area contributed by atoms with Gasteiger partial charge in [0.15, 0.2) is 0 Å². The van der Waals surface area contributed by atoms with Gasteiger partial charge >= 0.3 is 0 Å². The molecule has 174 valence electrons. The normalized spacial score (nSPS) is 15.2. The number of pyridine rings is 1. The zero-order chi connectivity index (χ0) is 24.0. The van der Waals surface area contributed by atoms with E-state index in [2.05, 4.69) is 46.4 Å². The highest BCUT2D eigenvalue weighted by Gasteiger charge is 2.23. The molecule has 1 atom stereocenters. The molecule has 0 saturated carbocycles. The zero-order valence-electron chi connectivity index (χ0n) is 18.7. The summed E-state index contributed by atoms with van der Waals surface area (Å²) >= 11 is 12.6. The highest BCUT2D eigenvalue weighted by atomic mass is 35.5. The van der Waals surface area contributed by atoms with Crippen molar-refractivity contribution in [2.24, 2.45) is 0 Å². The summed E-state index contributed by atoms with van der Waals surface area (Å²) in [5.74, 6) is 0.345. The lowest BCUT2D eigenvalue weighted by atomic mass is 10.1. The number of hydrogen-bond acceptors (Lipinski definition) is 6. The number of rotatable bonds is 5. The Morgan fingerprint density at radius 1 is 1.15 bits per heavy atom. The topological polar surface area (TPSA) is 83.3 Å². The fraction of sp³-hybridized carbons (Fsp3) is 0.240. The van der Waals surface area contributed by atoms with Crippen LogP contribution in [-0.2, 0) is 19.4 Å². The van der Waals surface area contributed by atoms with Crippen molar-refractivity contribution in [2.75, 3.05) is 19.4 Å². The van der Waals surface area contributed by atoms with Crippen LogP contribution < -0.4 is 10.9 Å². The van der Waals surface area contributed by atoms with Gasteiger partial charge < -0.3 is 15.3 Å². The SMILES string of the molecule is CN(C)C1Cc2ccc(Nc3ncc4c(=O)n(-c5c(Cl)cccc5Cl)cc(CO)c4n3)cc2C1. The van der Waals surface area contributed by atoms with Crippen LogP contribution in [0.3, 0.4) is 0 Å². The van der Waals surface area contributed by atoms with Crippen molar-refractivity contribution >= 4 is 45.7 Å². The number of nitrogens with one attached hydrogen (secondary N) is 1. The van der Waals surface area contributed by atoms with Gasteiger partial charge in [-0.1, -0.05) is 35.3 Å². The van der Waals surface area contributed by atoms with E-state index in [0.29, 0.717) is 38.8 Å². The molecule has 2 N–H and O–H groups in total. The molecule has 0 bridgehead atoms. The molecule has 0 spiro atoms. The van der Waals surface area contributed by atoms with Crippen molar-refractivity contribution in [3.63, 3.8) is 0 Å². The lowest BCUT2D eigenvalue weighted by Crippen LogP contribution is -2.27. The van der Waals surface area contributed by atoms with Crippen molar-refractivity contribution in [3.05, 3.63) is 85.9 Å². The summed E-state index contributed by atoms with van der Waals surface area (Å²) < 4.78 is 1.33. The van der Waals surface area contributed by atoms with Crippen LogP contribution in [0.1, 0.15) is 16.7 Å². The highest BCUT2D eigenvalue weighted by molar-refractivity contribution is 6.37. The largest absolute Gasteiger partial charge is 0.392 e. The molecule has 1 aliphatic carbocycles. The smallest absolute Gasteiger partial charge is 0.266 e. The second-order valence-electron chi connectivity index (χ2n) is 8.65. The predicted molar refractivity (Wildman–Crippen MR) is 136 cm³/mol. The first kappa shape index (κ1) is 22.8. The van der Waals surface area contributed by atoms with Crippen molar-refractivity contribution in [2.45, 2.75) is 25.5 Å². The second kappa shape index (κ2) is 9.00. The van der Waals surface area contributed by atoms with Gasteiger partial charge in [0.2, 0.25) is 5.95 Å². The zero-order valence-corrected chi connectivity index (χ0v) is 20.2. The Labute approximate surface area is 206 Å². The number of benzene rings is 2. The van der Waals surface area contributed by atoms with E-state index in [0.717, 1.165) is 18.5 Å². The van der Waals surface area contributed by atoms with Gasteiger partial charge in [-0.3, -0.25) is 9.36 Å². The Balaban J connectivity index is 1.53. The van der Waals surface area contributed by atoms with E-state index in [9.17, 15) is 9.90 Å². The molecule has 4 aromatic rings. The minimum absolute atomic E-state index is 0.260. The van der Waals surface area contributed by atoms with Crippen LogP contribution in [0.4, 0.5) is 11.6 Å². The van der Waals surface area contributed by atoms with Crippen molar-refractivity contribution in [1.82, 2.24) is 19.4 Å². The number of hydrogen-bond donors (Lipinski definition) is 2. The van der Waals surface area contributed by atoms with Crippen molar-refractivity contribution < 1.29 is 5.11 Å². The monoisotopic (exact) mass is 495 g/mol. The fourth-order valence-corrected chi connectivity index (χ4v) is 5.00. The maximum Gasteiger partial charge on any atom is 0.266 e. The molecule has 2 aromatic heterocycles. The summed E-state index contributed by atoms with van der Waals surface area (Å²) in [6.45, 7) is -0.319. The quantitative estimate of drug-likeness (QED) is 0.428. The van der Waals surface area contributed by atoms with Gasteiger partial charge in [-0.2, -0.15) is 0 Å². The molecule has 1 unspecified atom stereocenters. The maximum absolute atomic E-state index is 13.2. The van der Waals surface area contributed by atoms with Gasteiger partial charge in [0.1, 0.15) is 0 Å². The molecule has 0 aliphatic heterocycles. The Hall–Kier alpha value is -2.97. The van der Waals surface area contributed by atoms with Crippen LogP contribution >= 0.6 is 23.2 Å². The van der Waals surface area contributed by atoms with Crippen LogP contribution in [0, 0.1) is 0 Å². The first-order valence-electron chi connectivity index (χ1n) is 10.9. The number of aliphatic hydroxyl groups is 1. The number of fused-ring (bicyclic) bond motifs is 2. The third-order valence-corrected chi connectivity index (χ3v) is 6.89. The first-order valence-corrected chi connectivity index (χ1v) is 11.6. The summed E-state index contributed by atoms with van der Waals surface area (Å²) in [6.07, 6.45) is 5.01. The Morgan fingerprint density at radius 3 is 2.59 bits per heavy atom. The number of para-hydroxylation sites is 1. The molecule has 2 heterocycles. The van der Waals surface area contributed by atoms with Gasteiger partial charge in [0.05, 0.1) is 33.2 Å². The molecule has 2 aromatic carbocycles. The Morgan fingerprint density at radius 2 is 1.88 bits per heavy atom. The molecule has 5 rings (SSSR count). The van der Waals surface area contributed by atoms with E-state index in [1.54, 1.807) is 18.2 Å². The molecule has 0 saturated heterocycles. The van der Waals surface area contributed by atoms with Crippen molar-refractivity contribution in [1.29, 1.82) is 0 Å². The number of nitrogens with zero attached hydrogens (tertiary/aromatic N) is 4. The molecule has 34 heavy (non-hydrogen) atoms. The average Bonchev–Trinajstić information content (AvgIpc) is 3.24. The van der Waals surface area contributed by atoms with Gasteiger partial charge in [0, 0.05) is 29.7 Å². The lowest BCUT2D eigenvalue weighted by Gasteiger charge is -2.17. The average molecular weight is 496 g/mol. The standard InChI is InChI=1S/C25H23Cl2N5O2/c1-31(2)18-9-14-6-7-17(8-15(14)10-18)29-25-28-11-19-22(30-25)16(13-33)12-32(24(19)34)23-20(26)4-3-5-21(23)27/h3-8,11-12,18,33H,9-10,13H2,1-2H3,(H,28,29,30).